The van der Waals surface area contributed by atoms with Crippen molar-refractivity contribution in [1.29, 1.82) is 0 Å². The summed E-state index contributed by atoms with van der Waals surface area (Å²) in [4.78, 5) is 2.46. The fourth-order valence-electron chi connectivity index (χ4n) is 5.93. The van der Waals surface area contributed by atoms with Gasteiger partial charge in [-0.1, -0.05) is 60.7 Å². The minimum absolute atomic E-state index is 0.00922. The molecule has 0 unspecified atom stereocenters. The van der Waals surface area contributed by atoms with Gasteiger partial charge in [-0.3, -0.25) is 0 Å². The molecular weight excluding hydrogens is 492 g/mol. The molecule has 206 valence electrons. The van der Waals surface area contributed by atoms with Gasteiger partial charge in [-0.2, -0.15) is 0 Å². The number of ether oxygens (including phenoxy) is 4. The fraction of sp³-hybridized carbons (Fsp3) is 0.438. The Kier molecular flexibility index (Phi) is 8.09. The van der Waals surface area contributed by atoms with Crippen LogP contribution >= 0.6 is 0 Å². The van der Waals surface area contributed by atoms with Crippen molar-refractivity contribution in [1.82, 2.24) is 4.90 Å². The van der Waals surface area contributed by atoms with Gasteiger partial charge in [-0.05, 0) is 39.9 Å². The lowest BCUT2D eigenvalue weighted by Crippen LogP contribution is -2.48. The second-order valence-corrected chi connectivity index (χ2v) is 10.8. The van der Waals surface area contributed by atoms with Crippen LogP contribution in [0.5, 0.6) is 0 Å². The number of benzene rings is 3. The molecule has 0 saturated carbocycles. The van der Waals surface area contributed by atoms with Crippen molar-refractivity contribution in [3.8, 4) is 11.1 Å². The van der Waals surface area contributed by atoms with E-state index in [4.69, 9.17) is 24.7 Å². The zero-order chi connectivity index (χ0) is 26.7. The van der Waals surface area contributed by atoms with Gasteiger partial charge in [0.1, 0.15) is 0 Å². The number of likely N-dealkylation sites (tertiary alicyclic amines) is 1. The van der Waals surface area contributed by atoms with Crippen LogP contribution in [-0.2, 0) is 32.1 Å². The molecule has 0 bridgehead atoms. The van der Waals surface area contributed by atoms with E-state index in [1.54, 1.807) is 0 Å². The Bertz CT molecular complexity index is 1230. The number of hydrogen-bond acceptors (Lipinski definition) is 7. The molecule has 3 aromatic carbocycles. The first kappa shape index (κ1) is 26.6. The molecule has 7 heteroatoms. The maximum Gasteiger partial charge on any atom is 0.184 e. The Balaban J connectivity index is 1.22. The third kappa shape index (κ3) is 6.10. The van der Waals surface area contributed by atoms with E-state index in [1.165, 1.54) is 0 Å². The maximum atomic E-state index is 9.50. The monoisotopic (exact) mass is 530 g/mol. The Labute approximate surface area is 230 Å². The van der Waals surface area contributed by atoms with Crippen LogP contribution in [0.2, 0.25) is 0 Å². The van der Waals surface area contributed by atoms with Gasteiger partial charge in [0.15, 0.2) is 12.1 Å². The SMILES string of the molecule is NCc1cccc(-c2cccc([C@H]3O[C@@H](CN4CCC5(CC4)OCCO5)C[C@@H](c4ccc(CO)cc4)O3)c2)c1. The molecule has 0 aromatic heterocycles. The van der Waals surface area contributed by atoms with Crippen molar-refractivity contribution >= 4 is 0 Å². The molecule has 7 nitrogen and oxygen atoms in total. The molecule has 3 saturated heterocycles. The normalized spacial score (nSPS) is 25.2. The smallest absolute Gasteiger partial charge is 0.184 e. The van der Waals surface area contributed by atoms with E-state index in [0.717, 1.165) is 72.3 Å². The van der Waals surface area contributed by atoms with Crippen LogP contribution in [0.4, 0.5) is 0 Å². The largest absolute Gasteiger partial charge is 0.392 e. The molecule has 1 spiro atoms. The van der Waals surface area contributed by atoms with Crippen LogP contribution in [0.1, 0.15) is 53.9 Å². The van der Waals surface area contributed by atoms with E-state index >= 15 is 0 Å². The number of aliphatic hydroxyl groups is 1. The zero-order valence-electron chi connectivity index (χ0n) is 22.3. The summed E-state index contributed by atoms with van der Waals surface area (Å²) in [6.45, 7) is 4.61. The summed E-state index contributed by atoms with van der Waals surface area (Å²) in [7, 11) is 0. The predicted molar refractivity (Wildman–Crippen MR) is 149 cm³/mol. The van der Waals surface area contributed by atoms with Gasteiger partial charge in [0.2, 0.25) is 0 Å². The molecule has 0 radical (unpaired) electrons. The van der Waals surface area contributed by atoms with Gasteiger partial charge in [-0.25, -0.2) is 0 Å². The highest BCUT2D eigenvalue weighted by Crippen LogP contribution is 2.40. The minimum Gasteiger partial charge on any atom is -0.392 e. The first-order valence-electron chi connectivity index (χ1n) is 14.0. The second kappa shape index (κ2) is 11.9. The number of hydrogen-bond donors (Lipinski definition) is 2. The Morgan fingerprint density at radius 1 is 0.821 bits per heavy atom. The summed E-state index contributed by atoms with van der Waals surface area (Å²) in [5, 5.41) is 9.50. The molecule has 0 aliphatic carbocycles. The fourth-order valence-corrected chi connectivity index (χ4v) is 5.93. The number of nitrogens with zero attached hydrogens (tertiary/aromatic N) is 1. The molecule has 3 atom stereocenters. The Morgan fingerprint density at radius 3 is 2.26 bits per heavy atom. The lowest BCUT2D eigenvalue weighted by molar-refractivity contribution is -0.255. The summed E-state index contributed by atoms with van der Waals surface area (Å²) >= 11 is 0. The first-order valence-corrected chi connectivity index (χ1v) is 14.0. The quantitative estimate of drug-likeness (QED) is 0.458. The number of nitrogens with two attached hydrogens (primary N) is 1. The van der Waals surface area contributed by atoms with Crippen LogP contribution in [-0.4, -0.2) is 54.7 Å². The van der Waals surface area contributed by atoms with E-state index < -0.39 is 6.29 Å². The molecule has 3 fully saturated rings. The van der Waals surface area contributed by atoms with Crippen molar-refractivity contribution in [3.63, 3.8) is 0 Å². The third-order valence-corrected chi connectivity index (χ3v) is 8.16. The van der Waals surface area contributed by atoms with Crippen LogP contribution in [0.15, 0.2) is 72.8 Å². The van der Waals surface area contributed by atoms with Crippen molar-refractivity contribution in [2.75, 3.05) is 32.8 Å². The molecule has 39 heavy (non-hydrogen) atoms. The van der Waals surface area contributed by atoms with Crippen LogP contribution in [0.25, 0.3) is 11.1 Å². The molecule has 3 aliphatic rings. The molecule has 3 aromatic rings. The van der Waals surface area contributed by atoms with E-state index in [2.05, 4.69) is 53.4 Å². The Morgan fingerprint density at radius 2 is 1.54 bits per heavy atom. The van der Waals surface area contributed by atoms with Gasteiger partial charge in [-0.15, -0.1) is 0 Å². The standard InChI is InChI=1S/C32H38N2O5/c33-20-24-3-1-4-26(17-24)27-5-2-6-28(18-27)31-38-29(19-30(39-31)25-9-7-23(22-35)8-10-25)21-34-13-11-32(12-14-34)36-15-16-37-32/h1-10,17-18,29-31,35H,11-16,19-22,33H2/t29-,30+,31+/m1/s1. The summed E-state index contributed by atoms with van der Waals surface area (Å²) in [5.41, 5.74) is 12.2. The predicted octanol–water partition coefficient (Wildman–Crippen LogP) is 4.69. The summed E-state index contributed by atoms with van der Waals surface area (Å²) < 4.78 is 25.1. The molecule has 3 heterocycles. The number of rotatable bonds is 7. The molecule has 6 rings (SSSR count). The van der Waals surface area contributed by atoms with Gasteiger partial charge in [0.05, 0.1) is 32.0 Å². The molecule has 3 aliphatic heterocycles. The van der Waals surface area contributed by atoms with E-state index in [0.29, 0.717) is 19.8 Å². The highest BCUT2D eigenvalue weighted by atomic mass is 16.7. The summed E-state index contributed by atoms with van der Waals surface area (Å²) in [6, 6.07) is 24.8. The van der Waals surface area contributed by atoms with E-state index in [-0.39, 0.29) is 24.6 Å². The van der Waals surface area contributed by atoms with Gasteiger partial charge in [0.25, 0.3) is 0 Å². The van der Waals surface area contributed by atoms with E-state index in [9.17, 15) is 5.11 Å². The Hall–Kier alpha value is -2.62. The zero-order valence-corrected chi connectivity index (χ0v) is 22.3. The third-order valence-electron chi connectivity index (χ3n) is 8.16. The summed E-state index contributed by atoms with van der Waals surface area (Å²) in [5.74, 6) is -0.381. The molecular formula is C32H38N2O5. The van der Waals surface area contributed by atoms with E-state index in [1.807, 2.05) is 24.3 Å². The highest BCUT2D eigenvalue weighted by Gasteiger charge is 2.41. The van der Waals surface area contributed by atoms with Crippen molar-refractivity contribution in [2.45, 2.75) is 56.7 Å². The van der Waals surface area contributed by atoms with Gasteiger partial charge in [0, 0.05) is 51.0 Å². The molecule has 0 amide bonds. The average Bonchev–Trinajstić information content (AvgIpc) is 3.46. The maximum absolute atomic E-state index is 9.50. The average molecular weight is 531 g/mol. The first-order chi connectivity index (χ1) is 19.1. The number of piperidine rings is 1. The van der Waals surface area contributed by atoms with Crippen LogP contribution in [0, 0.1) is 0 Å². The van der Waals surface area contributed by atoms with Crippen molar-refractivity contribution in [2.24, 2.45) is 5.73 Å². The topological polar surface area (TPSA) is 86.4 Å². The lowest BCUT2D eigenvalue weighted by atomic mass is 9.97. The van der Waals surface area contributed by atoms with Gasteiger partial charge >= 0.3 is 0 Å². The van der Waals surface area contributed by atoms with Crippen molar-refractivity contribution < 1.29 is 24.1 Å². The van der Waals surface area contributed by atoms with Crippen LogP contribution < -0.4 is 5.73 Å². The second-order valence-electron chi connectivity index (χ2n) is 10.8. The van der Waals surface area contributed by atoms with Crippen molar-refractivity contribution in [3.05, 3.63) is 95.1 Å². The van der Waals surface area contributed by atoms with Gasteiger partial charge < -0.3 is 34.7 Å². The summed E-state index contributed by atoms with van der Waals surface area (Å²) in [6.07, 6.45) is 1.95. The highest BCUT2D eigenvalue weighted by molar-refractivity contribution is 5.65. The minimum atomic E-state index is -0.485. The van der Waals surface area contributed by atoms with Crippen LogP contribution in [0.3, 0.4) is 0 Å². The number of aliphatic hydroxyl groups excluding tert-OH is 1. The molecule has 3 N–H and O–H groups in total. The lowest BCUT2D eigenvalue weighted by Gasteiger charge is -2.41.